The van der Waals surface area contributed by atoms with Crippen LogP contribution >= 0.6 is 0 Å². The maximum absolute atomic E-state index is 12.6. The van der Waals surface area contributed by atoms with Gasteiger partial charge in [-0.15, -0.1) is 0 Å². The Morgan fingerprint density at radius 3 is 2.78 bits per heavy atom. The molecule has 27 heavy (non-hydrogen) atoms. The number of hydrogen-bond acceptors (Lipinski definition) is 6. The van der Waals surface area contributed by atoms with Gasteiger partial charge in [0.1, 0.15) is 5.71 Å². The average Bonchev–Trinajstić information content (AvgIpc) is 2.94. The topological polar surface area (TPSA) is 99.2 Å². The number of sulfone groups is 1. The van der Waals surface area contributed by atoms with Gasteiger partial charge in [0.05, 0.1) is 17.5 Å². The predicted molar refractivity (Wildman–Crippen MR) is 103 cm³/mol. The first-order valence-electron chi connectivity index (χ1n) is 9.86. The fourth-order valence-corrected chi connectivity index (χ4v) is 5.87. The number of hydrogen-bond donors (Lipinski definition) is 1. The summed E-state index contributed by atoms with van der Waals surface area (Å²) in [6, 6.07) is -0.457. The van der Waals surface area contributed by atoms with Crippen LogP contribution in [0.4, 0.5) is 0 Å². The molecule has 0 aromatic carbocycles. The Morgan fingerprint density at radius 2 is 2.11 bits per heavy atom. The van der Waals surface area contributed by atoms with E-state index in [9.17, 15) is 18.0 Å². The molecule has 3 aliphatic rings. The van der Waals surface area contributed by atoms with Gasteiger partial charge in [0, 0.05) is 32.0 Å². The number of hydrazone groups is 1. The number of likely N-dealkylation sites (tertiary alicyclic amines) is 1. The van der Waals surface area contributed by atoms with Crippen LogP contribution in [-0.2, 0) is 19.4 Å². The third-order valence-electron chi connectivity index (χ3n) is 5.53. The van der Waals surface area contributed by atoms with E-state index in [1.165, 1.54) is 17.9 Å². The first-order chi connectivity index (χ1) is 12.7. The van der Waals surface area contributed by atoms with E-state index in [4.69, 9.17) is 0 Å². The highest BCUT2D eigenvalue weighted by atomic mass is 32.2. The number of rotatable bonds is 5. The minimum atomic E-state index is -3.12. The third kappa shape index (κ3) is 5.28. The molecule has 3 heterocycles. The summed E-state index contributed by atoms with van der Waals surface area (Å²) < 4.78 is 23.4. The predicted octanol–water partition coefficient (Wildman–Crippen LogP) is 0.389. The van der Waals surface area contributed by atoms with Crippen LogP contribution in [0.15, 0.2) is 5.10 Å². The molecule has 9 heteroatoms. The lowest BCUT2D eigenvalue weighted by Gasteiger charge is -2.33. The Bertz CT molecular complexity index is 721. The Kier molecular flexibility index (Phi) is 6.20. The Labute approximate surface area is 161 Å². The van der Waals surface area contributed by atoms with Gasteiger partial charge in [0.15, 0.2) is 9.84 Å². The molecule has 0 aliphatic carbocycles. The molecule has 0 aromatic rings. The molecule has 3 aliphatic heterocycles. The van der Waals surface area contributed by atoms with Crippen molar-refractivity contribution < 1.29 is 18.0 Å². The molecular weight excluding hydrogens is 368 g/mol. The van der Waals surface area contributed by atoms with Crippen molar-refractivity contribution in [3.8, 4) is 0 Å². The van der Waals surface area contributed by atoms with Crippen LogP contribution < -0.4 is 5.32 Å². The third-order valence-corrected chi connectivity index (χ3v) is 7.28. The van der Waals surface area contributed by atoms with Crippen LogP contribution in [0.3, 0.4) is 0 Å². The largest absolute Gasteiger partial charge is 0.347 e. The van der Waals surface area contributed by atoms with Gasteiger partial charge < -0.3 is 10.2 Å². The van der Waals surface area contributed by atoms with Crippen molar-refractivity contribution in [3.63, 3.8) is 0 Å². The molecule has 2 saturated heterocycles. The summed E-state index contributed by atoms with van der Waals surface area (Å²) in [7, 11) is -3.12. The van der Waals surface area contributed by atoms with E-state index in [-0.39, 0.29) is 35.8 Å². The molecule has 0 aromatic heterocycles. The van der Waals surface area contributed by atoms with Gasteiger partial charge in [-0.2, -0.15) is 5.10 Å². The van der Waals surface area contributed by atoms with E-state index in [2.05, 4.69) is 22.2 Å². The van der Waals surface area contributed by atoms with Crippen molar-refractivity contribution in [2.45, 2.75) is 58.0 Å². The van der Waals surface area contributed by atoms with Crippen molar-refractivity contribution in [2.75, 3.05) is 31.1 Å². The van der Waals surface area contributed by atoms with Crippen LogP contribution in [0.1, 0.15) is 46.0 Å². The number of carbonyl (C=O) groups excluding carboxylic acids is 2. The smallest absolute Gasteiger partial charge is 0.267 e. The van der Waals surface area contributed by atoms with Crippen LogP contribution in [0.2, 0.25) is 0 Å². The summed E-state index contributed by atoms with van der Waals surface area (Å²) >= 11 is 0. The zero-order chi connectivity index (χ0) is 19.6. The highest BCUT2D eigenvalue weighted by Gasteiger charge is 2.37. The van der Waals surface area contributed by atoms with Crippen LogP contribution in [0, 0.1) is 5.92 Å². The summed E-state index contributed by atoms with van der Waals surface area (Å²) in [6.07, 6.45) is 3.33. The molecule has 152 valence electrons. The lowest BCUT2D eigenvalue weighted by Crippen LogP contribution is -2.48. The molecule has 1 N–H and O–H groups in total. The normalized spacial score (nSPS) is 30.1. The maximum atomic E-state index is 12.6. The highest BCUT2D eigenvalue weighted by molar-refractivity contribution is 7.91. The second-order valence-corrected chi connectivity index (χ2v) is 10.5. The van der Waals surface area contributed by atoms with Gasteiger partial charge in [-0.3, -0.25) is 9.59 Å². The first kappa shape index (κ1) is 20.3. The fraction of sp³-hybridized carbons (Fsp3) is 0.833. The van der Waals surface area contributed by atoms with Crippen molar-refractivity contribution >= 4 is 27.4 Å². The molecule has 0 radical (unpaired) electrons. The lowest BCUT2D eigenvalue weighted by molar-refractivity contribution is -0.133. The van der Waals surface area contributed by atoms with Gasteiger partial charge in [0.2, 0.25) is 5.91 Å². The van der Waals surface area contributed by atoms with E-state index < -0.39 is 15.9 Å². The van der Waals surface area contributed by atoms with E-state index in [0.29, 0.717) is 24.5 Å². The van der Waals surface area contributed by atoms with E-state index in [1.807, 2.05) is 6.92 Å². The number of nitrogens with zero attached hydrogens (tertiary/aromatic N) is 3. The molecule has 3 rings (SSSR count). The molecule has 0 spiro atoms. The number of nitrogens with one attached hydrogen (secondary N) is 1. The molecule has 2 fully saturated rings. The van der Waals surface area contributed by atoms with E-state index in [1.54, 1.807) is 0 Å². The number of carbonyl (C=O) groups is 2. The van der Waals surface area contributed by atoms with Crippen molar-refractivity contribution in [1.29, 1.82) is 0 Å². The zero-order valence-corrected chi connectivity index (χ0v) is 17.0. The maximum Gasteiger partial charge on any atom is 0.267 e. The summed E-state index contributed by atoms with van der Waals surface area (Å²) in [6.45, 7) is 7.14. The van der Waals surface area contributed by atoms with Gasteiger partial charge in [0.25, 0.3) is 5.91 Å². The summed E-state index contributed by atoms with van der Waals surface area (Å²) in [5.74, 6) is 0.228. The molecule has 3 atom stereocenters. The highest BCUT2D eigenvalue weighted by Crippen LogP contribution is 2.22. The summed E-state index contributed by atoms with van der Waals surface area (Å²) in [5.41, 5.74) is 0.317. The second kappa shape index (κ2) is 8.26. The Morgan fingerprint density at radius 1 is 1.33 bits per heavy atom. The monoisotopic (exact) mass is 398 g/mol. The quantitative estimate of drug-likeness (QED) is 0.722. The molecule has 0 saturated carbocycles. The fourth-order valence-electron chi connectivity index (χ4n) is 4.18. The average molecular weight is 399 g/mol. The summed E-state index contributed by atoms with van der Waals surface area (Å²) in [4.78, 5) is 27.1. The minimum absolute atomic E-state index is 0.0107. The molecule has 8 nitrogen and oxygen atoms in total. The standard InChI is InChI=1S/C18H30N4O4S/c1-13-4-3-8-21(10-13)11-14(2)19-18(24)16-5-6-17(23)22(20-16)15-7-9-27(25,26)12-15/h13-15H,3-12H2,1-2H3,(H,19,24). The first-order valence-corrected chi connectivity index (χ1v) is 11.7. The van der Waals surface area contributed by atoms with Gasteiger partial charge in [-0.1, -0.05) is 6.92 Å². The lowest BCUT2D eigenvalue weighted by atomic mass is 10.00. The molecular formula is C18H30N4O4S. The van der Waals surface area contributed by atoms with Gasteiger partial charge >= 0.3 is 0 Å². The van der Waals surface area contributed by atoms with Crippen molar-refractivity contribution in [3.05, 3.63) is 0 Å². The van der Waals surface area contributed by atoms with Crippen LogP contribution in [0.25, 0.3) is 0 Å². The number of piperidine rings is 1. The van der Waals surface area contributed by atoms with Crippen molar-refractivity contribution in [1.82, 2.24) is 15.2 Å². The van der Waals surface area contributed by atoms with Crippen molar-refractivity contribution in [2.24, 2.45) is 11.0 Å². The van der Waals surface area contributed by atoms with E-state index in [0.717, 1.165) is 19.6 Å². The van der Waals surface area contributed by atoms with Crippen LogP contribution in [-0.4, -0.2) is 79.1 Å². The van der Waals surface area contributed by atoms with Crippen LogP contribution in [0.5, 0.6) is 0 Å². The Hall–Kier alpha value is -1.48. The van der Waals surface area contributed by atoms with Gasteiger partial charge in [-0.25, -0.2) is 13.4 Å². The second-order valence-electron chi connectivity index (χ2n) is 8.22. The molecule has 2 amide bonds. The summed E-state index contributed by atoms with van der Waals surface area (Å²) in [5, 5.41) is 8.45. The SMILES string of the molecule is CC1CCCN(CC(C)NC(=O)C2=NN(C3CCS(=O)(=O)C3)C(=O)CC2)C1. The minimum Gasteiger partial charge on any atom is -0.347 e. The van der Waals surface area contributed by atoms with E-state index >= 15 is 0 Å². The zero-order valence-electron chi connectivity index (χ0n) is 16.2. The van der Waals surface area contributed by atoms with Gasteiger partial charge in [-0.05, 0) is 38.6 Å². The Balaban J connectivity index is 1.58. The molecule has 3 unspecified atom stereocenters. The number of amides is 2. The molecule has 0 bridgehead atoms.